The first-order chi connectivity index (χ1) is 17.8. The second kappa shape index (κ2) is 9.89. The van der Waals surface area contributed by atoms with E-state index < -0.39 is 11.7 Å². The summed E-state index contributed by atoms with van der Waals surface area (Å²) in [7, 11) is 1.91. The summed E-state index contributed by atoms with van der Waals surface area (Å²) >= 11 is 0. The lowest BCUT2D eigenvalue weighted by molar-refractivity contribution is -0.164. The van der Waals surface area contributed by atoms with Crippen molar-refractivity contribution in [1.82, 2.24) is 34.4 Å². The van der Waals surface area contributed by atoms with Crippen molar-refractivity contribution in [3.8, 4) is 33.6 Å². The standard InChI is InChI=1S/C28H34N8O/c1-5-9-28(10-11-35(28)27(37)25(29)19(2)3)36-18-24(16-33-36)22-13-30-26(31-14-22)21-8-6-7-20(12-21)23-15-32-34(4)17-23/h6-8,12-19,25H,5,9-11,29H2,1-4H3/t25-,28?/m0/s1. The van der Waals surface area contributed by atoms with Crippen LogP contribution in [0, 0.1) is 5.92 Å². The Hall–Kier alpha value is -3.85. The first-order valence-corrected chi connectivity index (χ1v) is 12.9. The molecule has 192 valence electrons. The molecule has 1 saturated heterocycles. The first kappa shape index (κ1) is 24.8. The third-order valence-corrected chi connectivity index (χ3v) is 7.31. The van der Waals surface area contributed by atoms with Gasteiger partial charge < -0.3 is 10.6 Å². The van der Waals surface area contributed by atoms with E-state index in [9.17, 15) is 4.79 Å². The molecule has 2 N–H and O–H groups in total. The number of likely N-dealkylation sites (tertiary alicyclic amines) is 1. The van der Waals surface area contributed by atoms with Crippen LogP contribution >= 0.6 is 0 Å². The van der Waals surface area contributed by atoms with Crippen LogP contribution in [-0.2, 0) is 17.5 Å². The van der Waals surface area contributed by atoms with Crippen molar-refractivity contribution in [2.75, 3.05) is 6.54 Å². The molecular formula is C28H34N8O. The molecule has 3 aromatic heterocycles. The smallest absolute Gasteiger partial charge is 0.241 e. The average Bonchev–Trinajstić information content (AvgIpc) is 3.56. The molecule has 1 aromatic carbocycles. The van der Waals surface area contributed by atoms with Crippen LogP contribution in [0.5, 0.6) is 0 Å². The molecule has 0 radical (unpaired) electrons. The summed E-state index contributed by atoms with van der Waals surface area (Å²) in [6, 6.07) is 7.62. The van der Waals surface area contributed by atoms with Crippen molar-refractivity contribution in [1.29, 1.82) is 0 Å². The third kappa shape index (κ3) is 4.55. The predicted octanol–water partition coefficient (Wildman–Crippen LogP) is 4.08. The number of nitrogens with two attached hydrogens (primary N) is 1. The number of carbonyl (C=O) groups excluding carboxylic acids is 1. The minimum Gasteiger partial charge on any atom is -0.320 e. The van der Waals surface area contributed by atoms with E-state index in [1.54, 1.807) is 4.68 Å². The monoisotopic (exact) mass is 498 g/mol. The fraction of sp³-hybridized carbons (Fsp3) is 0.393. The van der Waals surface area contributed by atoms with E-state index in [2.05, 4.69) is 39.2 Å². The van der Waals surface area contributed by atoms with Crippen LogP contribution in [-0.4, -0.2) is 52.9 Å². The maximum atomic E-state index is 13.1. The van der Waals surface area contributed by atoms with E-state index in [4.69, 9.17) is 5.73 Å². The lowest BCUT2D eigenvalue weighted by Crippen LogP contribution is -2.66. The van der Waals surface area contributed by atoms with Gasteiger partial charge >= 0.3 is 0 Å². The molecule has 1 amide bonds. The number of aryl methyl sites for hydroxylation is 1. The Morgan fingerprint density at radius 2 is 1.70 bits per heavy atom. The van der Waals surface area contributed by atoms with Gasteiger partial charge in [-0.15, -0.1) is 0 Å². The van der Waals surface area contributed by atoms with Crippen molar-refractivity contribution in [3.63, 3.8) is 0 Å². The Morgan fingerprint density at radius 3 is 2.32 bits per heavy atom. The zero-order valence-corrected chi connectivity index (χ0v) is 21.9. The van der Waals surface area contributed by atoms with Gasteiger partial charge in [0.05, 0.1) is 18.4 Å². The molecule has 5 rings (SSSR count). The van der Waals surface area contributed by atoms with E-state index in [0.29, 0.717) is 12.4 Å². The van der Waals surface area contributed by atoms with Crippen molar-refractivity contribution in [3.05, 3.63) is 61.4 Å². The lowest BCUT2D eigenvalue weighted by atomic mass is 9.87. The number of amides is 1. The Labute approximate surface area is 217 Å². The number of aromatic nitrogens is 6. The van der Waals surface area contributed by atoms with Crippen LogP contribution in [0.15, 0.2) is 61.4 Å². The summed E-state index contributed by atoms with van der Waals surface area (Å²) in [5, 5.41) is 8.95. The van der Waals surface area contributed by atoms with Crippen LogP contribution in [0.1, 0.15) is 40.0 Å². The summed E-state index contributed by atoms with van der Waals surface area (Å²) in [5.41, 5.74) is 10.6. The molecule has 0 bridgehead atoms. The molecule has 2 atom stereocenters. The Bertz CT molecular complexity index is 1390. The highest BCUT2D eigenvalue weighted by molar-refractivity contribution is 5.83. The van der Waals surface area contributed by atoms with Gasteiger partial charge in [-0.2, -0.15) is 10.2 Å². The molecule has 4 aromatic rings. The van der Waals surface area contributed by atoms with Gasteiger partial charge in [0.2, 0.25) is 5.91 Å². The maximum Gasteiger partial charge on any atom is 0.241 e. The summed E-state index contributed by atoms with van der Waals surface area (Å²) < 4.78 is 3.72. The predicted molar refractivity (Wildman–Crippen MR) is 143 cm³/mol. The molecule has 9 nitrogen and oxygen atoms in total. The van der Waals surface area contributed by atoms with Crippen molar-refractivity contribution in [2.45, 2.75) is 51.7 Å². The average molecular weight is 499 g/mol. The zero-order valence-electron chi connectivity index (χ0n) is 21.9. The molecule has 0 spiro atoms. The second-order valence-corrected chi connectivity index (χ2v) is 10.2. The Morgan fingerprint density at radius 1 is 1.00 bits per heavy atom. The fourth-order valence-electron chi connectivity index (χ4n) is 5.01. The topological polar surface area (TPSA) is 108 Å². The largest absolute Gasteiger partial charge is 0.320 e. The van der Waals surface area contributed by atoms with Gasteiger partial charge in [-0.25, -0.2) is 14.6 Å². The number of rotatable bonds is 8. The summed E-state index contributed by atoms with van der Waals surface area (Å²) in [6.45, 7) is 6.79. The molecule has 1 aliphatic heterocycles. The van der Waals surface area contributed by atoms with E-state index in [1.165, 1.54) is 0 Å². The highest BCUT2D eigenvalue weighted by Gasteiger charge is 2.50. The zero-order chi connectivity index (χ0) is 26.2. The first-order valence-electron chi connectivity index (χ1n) is 12.9. The molecule has 4 heterocycles. The van der Waals surface area contributed by atoms with Crippen LogP contribution < -0.4 is 5.73 Å². The normalized spacial score (nSPS) is 18.2. The van der Waals surface area contributed by atoms with Crippen molar-refractivity contribution in [2.24, 2.45) is 18.7 Å². The molecule has 1 fully saturated rings. The number of nitrogens with zero attached hydrogens (tertiary/aromatic N) is 7. The van der Waals surface area contributed by atoms with Gasteiger partial charge in [0.25, 0.3) is 0 Å². The number of benzene rings is 1. The minimum atomic E-state index is -0.510. The van der Waals surface area contributed by atoms with Gasteiger partial charge in [0, 0.05) is 67.1 Å². The van der Waals surface area contributed by atoms with E-state index in [1.807, 2.05) is 79.8 Å². The van der Waals surface area contributed by atoms with E-state index >= 15 is 0 Å². The molecule has 1 unspecified atom stereocenters. The van der Waals surface area contributed by atoms with Crippen molar-refractivity contribution >= 4 is 5.91 Å². The number of hydrogen-bond donors (Lipinski definition) is 1. The summed E-state index contributed by atoms with van der Waals surface area (Å²) in [4.78, 5) is 24.3. The maximum absolute atomic E-state index is 13.1. The molecule has 0 aliphatic carbocycles. The van der Waals surface area contributed by atoms with Gasteiger partial charge in [-0.1, -0.05) is 45.4 Å². The highest BCUT2D eigenvalue weighted by atomic mass is 16.2. The van der Waals surface area contributed by atoms with Crippen LogP contribution in [0.2, 0.25) is 0 Å². The lowest BCUT2D eigenvalue weighted by Gasteiger charge is -2.53. The minimum absolute atomic E-state index is 0.00653. The summed E-state index contributed by atoms with van der Waals surface area (Å²) in [6.07, 6.45) is 13.9. The van der Waals surface area contributed by atoms with Crippen LogP contribution in [0.3, 0.4) is 0 Å². The van der Waals surface area contributed by atoms with Crippen LogP contribution in [0.4, 0.5) is 0 Å². The number of hydrogen-bond acceptors (Lipinski definition) is 6. The van der Waals surface area contributed by atoms with Gasteiger partial charge in [-0.3, -0.25) is 9.48 Å². The van der Waals surface area contributed by atoms with Crippen molar-refractivity contribution < 1.29 is 4.79 Å². The van der Waals surface area contributed by atoms with Gasteiger partial charge in [0.15, 0.2) is 5.82 Å². The molecule has 0 saturated carbocycles. The Kier molecular flexibility index (Phi) is 6.64. The SMILES string of the molecule is CCCC1(n2cc(-c3cnc(-c4cccc(-c5cnn(C)c5)c4)nc3)cn2)CCN1C(=O)[C@@H](N)C(C)C. The fourth-order valence-corrected chi connectivity index (χ4v) is 5.01. The summed E-state index contributed by atoms with van der Waals surface area (Å²) in [5.74, 6) is 0.733. The highest BCUT2D eigenvalue weighted by Crippen LogP contribution is 2.41. The Balaban J connectivity index is 1.38. The van der Waals surface area contributed by atoms with E-state index in [-0.39, 0.29) is 11.8 Å². The van der Waals surface area contributed by atoms with Crippen LogP contribution in [0.25, 0.3) is 33.6 Å². The van der Waals surface area contributed by atoms with E-state index in [0.717, 1.165) is 47.1 Å². The van der Waals surface area contributed by atoms with Gasteiger partial charge in [-0.05, 0) is 24.0 Å². The molecule has 1 aliphatic rings. The molecule has 37 heavy (non-hydrogen) atoms. The quantitative estimate of drug-likeness (QED) is 0.392. The van der Waals surface area contributed by atoms with Gasteiger partial charge in [0.1, 0.15) is 5.66 Å². The third-order valence-electron chi connectivity index (χ3n) is 7.31. The molecule has 9 heteroatoms. The molecular weight excluding hydrogens is 464 g/mol. The second-order valence-electron chi connectivity index (χ2n) is 10.2. The number of carbonyl (C=O) groups is 1.